The molecule has 5 atom stereocenters. The number of nitrogens with one attached hydrogen (secondary N) is 5. The normalized spacial score (nSPS) is 19.6. The van der Waals surface area contributed by atoms with E-state index in [9.17, 15) is 24.0 Å². The number of hydrogen-bond donors (Lipinski definition) is 5. The van der Waals surface area contributed by atoms with Crippen molar-refractivity contribution in [1.82, 2.24) is 60.6 Å². The molecule has 3 aliphatic rings. The zero-order valence-corrected chi connectivity index (χ0v) is 42.2. The van der Waals surface area contributed by atoms with Gasteiger partial charge in [0.25, 0.3) is 5.56 Å². The number of benzene rings is 1. The van der Waals surface area contributed by atoms with E-state index in [0.717, 1.165) is 25.0 Å². The van der Waals surface area contributed by atoms with E-state index in [0.29, 0.717) is 128 Å². The molecule has 24 heteroatoms. The molecule has 5 N–H and O–H groups in total. The van der Waals surface area contributed by atoms with Crippen LogP contribution in [0.5, 0.6) is 0 Å². The highest BCUT2D eigenvalue weighted by atomic mass is 35.5. The fourth-order valence-electron chi connectivity index (χ4n) is 8.84. The molecule has 0 spiro atoms. The average Bonchev–Trinajstić information content (AvgIpc) is 4.17. The molecule has 2 fully saturated rings. The van der Waals surface area contributed by atoms with Crippen molar-refractivity contribution in [2.45, 2.75) is 88.2 Å². The minimum absolute atomic E-state index is 0.0384. The van der Waals surface area contributed by atoms with Crippen LogP contribution in [0.3, 0.4) is 0 Å². The second-order valence-electron chi connectivity index (χ2n) is 17.8. The summed E-state index contributed by atoms with van der Waals surface area (Å²) in [5.41, 5.74) is 3.73. The van der Waals surface area contributed by atoms with Gasteiger partial charge in [0.15, 0.2) is 5.15 Å². The molecule has 0 radical (unpaired) electrons. The predicted molar refractivity (Wildman–Crippen MR) is 271 cm³/mol. The molecule has 7 heterocycles. The molecular formula is C48H59Cl2N13O8S. The monoisotopic (exact) mass is 1050 g/mol. The van der Waals surface area contributed by atoms with E-state index in [4.69, 9.17) is 52.5 Å². The van der Waals surface area contributed by atoms with Gasteiger partial charge in [-0.3, -0.25) is 33.4 Å². The van der Waals surface area contributed by atoms with Crippen LogP contribution in [0.2, 0.25) is 10.2 Å². The molecule has 0 unspecified atom stereocenters. The molecule has 21 nitrogen and oxygen atoms in total. The third-order valence-electron chi connectivity index (χ3n) is 12.6. The summed E-state index contributed by atoms with van der Waals surface area (Å²) in [6.07, 6.45) is 11.6. The van der Waals surface area contributed by atoms with E-state index in [1.807, 2.05) is 30.8 Å². The Morgan fingerprint density at radius 2 is 1.65 bits per heavy atom. The van der Waals surface area contributed by atoms with E-state index in [1.165, 1.54) is 17.1 Å². The molecule has 384 valence electrons. The summed E-state index contributed by atoms with van der Waals surface area (Å²) in [5, 5.41) is 28.5. The molecule has 5 amide bonds. The highest BCUT2D eigenvalue weighted by Crippen LogP contribution is 2.35. The van der Waals surface area contributed by atoms with E-state index < -0.39 is 6.04 Å². The number of rotatable bonds is 23. The van der Waals surface area contributed by atoms with Crippen molar-refractivity contribution < 1.29 is 33.4 Å². The number of carbonyl (C=O) groups is 4. The Balaban J connectivity index is 0.738. The lowest BCUT2D eigenvalue weighted by Gasteiger charge is -2.22. The Bertz CT molecular complexity index is 2740. The first-order valence-corrected chi connectivity index (χ1v) is 26.1. The first kappa shape index (κ1) is 52.4. The maximum atomic E-state index is 14.0. The smallest absolute Gasteiger partial charge is 0.315 e. The van der Waals surface area contributed by atoms with E-state index in [2.05, 4.69) is 36.9 Å². The zero-order chi connectivity index (χ0) is 50.4. The molecule has 2 saturated heterocycles. The van der Waals surface area contributed by atoms with Gasteiger partial charge < -0.3 is 40.8 Å². The van der Waals surface area contributed by atoms with Crippen LogP contribution < -0.4 is 32.1 Å². The number of hydrogen-bond acceptors (Lipinski definition) is 14. The number of anilines is 1. The lowest BCUT2D eigenvalue weighted by atomic mass is 9.97. The number of nitrogens with zero attached hydrogens (tertiary/aromatic N) is 8. The zero-order valence-electron chi connectivity index (χ0n) is 39.9. The van der Waals surface area contributed by atoms with Crippen LogP contribution >= 0.6 is 35.0 Å². The van der Waals surface area contributed by atoms with Gasteiger partial charge in [-0.1, -0.05) is 48.2 Å². The SMILES string of the molecule is C[C@@H]1CCC[C@H](n2cnc(-c3cc(Cl)ccc3-n3cc(Cl)nn3)cc2=O)c2cc(ccn2)-c2nn(CCOCCOCCOCCC(=O)NCCNC(=O)CCCC[C@@H]3SC[C@@H]4NC(=O)N[C@@H]43)cc2NC1=O. The number of pyridine rings is 1. The Morgan fingerprint density at radius 3 is 2.43 bits per heavy atom. The van der Waals surface area contributed by atoms with Crippen molar-refractivity contribution in [3.05, 3.63) is 87.5 Å². The average molecular weight is 1050 g/mol. The molecule has 1 aromatic carbocycles. The maximum absolute atomic E-state index is 14.0. The van der Waals surface area contributed by atoms with E-state index in [1.54, 1.807) is 46.0 Å². The Morgan fingerprint density at radius 1 is 0.875 bits per heavy atom. The number of thioether (sulfide) groups is 1. The molecule has 3 aliphatic heterocycles. The summed E-state index contributed by atoms with van der Waals surface area (Å²) >= 11 is 14.3. The first-order chi connectivity index (χ1) is 35.0. The van der Waals surface area contributed by atoms with Gasteiger partial charge in [-0.25, -0.2) is 14.5 Å². The van der Waals surface area contributed by atoms with Crippen LogP contribution in [-0.2, 0) is 35.1 Å². The van der Waals surface area contributed by atoms with Crippen LogP contribution in [0, 0.1) is 5.92 Å². The summed E-state index contributed by atoms with van der Waals surface area (Å²) in [4.78, 5) is 72.8. The largest absolute Gasteiger partial charge is 0.379 e. The second kappa shape index (κ2) is 25.7. The molecule has 2 bridgehead atoms. The number of carbonyl (C=O) groups excluding carboxylic acids is 4. The van der Waals surface area contributed by atoms with Crippen molar-refractivity contribution in [3.63, 3.8) is 0 Å². The van der Waals surface area contributed by atoms with Gasteiger partial charge in [0.2, 0.25) is 17.7 Å². The molecule has 72 heavy (non-hydrogen) atoms. The highest BCUT2D eigenvalue weighted by molar-refractivity contribution is 8.00. The summed E-state index contributed by atoms with van der Waals surface area (Å²) < 4.78 is 21.8. The first-order valence-electron chi connectivity index (χ1n) is 24.3. The van der Waals surface area contributed by atoms with Crippen molar-refractivity contribution in [1.29, 1.82) is 0 Å². The Hall–Kier alpha value is -5.91. The Kier molecular flexibility index (Phi) is 18.7. The van der Waals surface area contributed by atoms with Gasteiger partial charge >= 0.3 is 6.03 Å². The van der Waals surface area contributed by atoms with Gasteiger partial charge in [-0.05, 0) is 56.0 Å². The number of urea groups is 1. The van der Waals surface area contributed by atoms with Gasteiger partial charge in [-0.15, -0.1) is 5.10 Å². The van der Waals surface area contributed by atoms with Crippen LogP contribution in [0.25, 0.3) is 28.2 Å². The summed E-state index contributed by atoms with van der Waals surface area (Å²) in [6, 6.07) is 10.2. The van der Waals surface area contributed by atoms with Crippen LogP contribution in [0.4, 0.5) is 10.5 Å². The highest BCUT2D eigenvalue weighted by Gasteiger charge is 2.42. The summed E-state index contributed by atoms with van der Waals surface area (Å²) in [7, 11) is 0. The minimum Gasteiger partial charge on any atom is -0.379 e. The number of amides is 5. The van der Waals surface area contributed by atoms with Crippen molar-refractivity contribution in [2.24, 2.45) is 5.92 Å². The summed E-state index contributed by atoms with van der Waals surface area (Å²) in [6.45, 7) is 4.92. The molecule has 4 aromatic heterocycles. The maximum Gasteiger partial charge on any atom is 0.315 e. The van der Waals surface area contributed by atoms with Gasteiger partial charge in [-0.2, -0.15) is 16.9 Å². The fourth-order valence-corrected chi connectivity index (χ4v) is 10.7. The van der Waals surface area contributed by atoms with Gasteiger partial charge in [0.1, 0.15) is 5.69 Å². The number of fused-ring (bicyclic) bond motifs is 5. The second-order valence-corrected chi connectivity index (χ2v) is 19.9. The number of ether oxygens (including phenoxy) is 3. The fraction of sp³-hybridized carbons (Fsp3) is 0.500. The topological polar surface area (TPSA) is 252 Å². The summed E-state index contributed by atoms with van der Waals surface area (Å²) in [5.74, 6) is 0.275. The number of halogens is 2. The van der Waals surface area contributed by atoms with Crippen LogP contribution in [0.15, 0.2) is 66.1 Å². The Labute approximate surface area is 430 Å². The number of aromatic nitrogens is 8. The number of unbranched alkanes of at least 4 members (excludes halogenated alkanes) is 1. The van der Waals surface area contributed by atoms with E-state index >= 15 is 0 Å². The molecule has 8 rings (SSSR count). The lowest BCUT2D eigenvalue weighted by Crippen LogP contribution is -2.36. The minimum atomic E-state index is -0.486. The van der Waals surface area contributed by atoms with Gasteiger partial charge in [0.05, 0.1) is 99.6 Å². The van der Waals surface area contributed by atoms with Crippen LogP contribution in [-0.4, -0.2) is 139 Å². The lowest BCUT2D eigenvalue weighted by molar-refractivity contribution is -0.123. The van der Waals surface area contributed by atoms with Crippen LogP contribution in [0.1, 0.15) is 70.0 Å². The molecule has 0 aliphatic carbocycles. The third kappa shape index (κ3) is 14.2. The van der Waals surface area contributed by atoms with Crippen molar-refractivity contribution >= 4 is 64.4 Å². The molecular weight excluding hydrogens is 990 g/mol. The van der Waals surface area contributed by atoms with E-state index in [-0.39, 0.29) is 65.5 Å². The van der Waals surface area contributed by atoms with Crippen molar-refractivity contribution in [3.8, 4) is 28.2 Å². The predicted octanol–water partition coefficient (Wildman–Crippen LogP) is 4.80. The molecule has 5 aromatic rings. The quantitative estimate of drug-likeness (QED) is 0.0436. The van der Waals surface area contributed by atoms with Crippen molar-refractivity contribution in [2.75, 3.05) is 63.8 Å². The molecule has 0 saturated carbocycles. The van der Waals surface area contributed by atoms with Gasteiger partial charge in [0, 0.05) is 77.5 Å². The third-order valence-corrected chi connectivity index (χ3v) is 14.5. The standard InChI is InChI=1S/C48H59Cl2N13O8S/c1-30-5-4-6-39(62-29-54-34(25-44(62)66)33-24-32(49)9-10-38(33)63-27-41(50)58-60-63)35-23-31(11-13-51-35)45-36(55-47(30)67)26-61(59-45)16-18-70-20-22-71-21-19-69-17-12-43(65)53-15-14-52-42(64)8-3-2-7-40-46-37(28-72-40)56-48(68)57-46/h9-11,13,23-27,29-30,37,39-40,46H,2-8,12,14-22,28H2,1H3,(H,52,64)(H,53,65)(H,55,67)(H2,56,57,68)/t30-,37+,39+,40+,46+/m1/s1.